The Kier molecular flexibility index (Phi) is 6.58. The molecule has 0 radical (unpaired) electrons. The van der Waals surface area contributed by atoms with Gasteiger partial charge in [0.15, 0.2) is 0 Å². The summed E-state index contributed by atoms with van der Waals surface area (Å²) in [6.07, 6.45) is 1.60. The van der Waals surface area contributed by atoms with Gasteiger partial charge in [0.2, 0.25) is 5.91 Å². The Morgan fingerprint density at radius 2 is 1.94 bits per heavy atom. The maximum absolute atomic E-state index is 11.2. The van der Waals surface area contributed by atoms with E-state index in [9.17, 15) is 4.79 Å². The minimum absolute atomic E-state index is 0. The maximum atomic E-state index is 11.2. The minimum atomic E-state index is -0.0928. The molecular formula is C12H18N2O3. The summed E-state index contributed by atoms with van der Waals surface area (Å²) in [5.74, 6) is 0.640. The van der Waals surface area contributed by atoms with E-state index in [0.717, 1.165) is 11.3 Å². The van der Waals surface area contributed by atoms with E-state index in [4.69, 9.17) is 4.74 Å². The van der Waals surface area contributed by atoms with Gasteiger partial charge in [0.1, 0.15) is 5.75 Å². The quantitative estimate of drug-likeness (QED) is 0.626. The number of nitrogens with zero attached hydrogens (tertiary/aromatic N) is 1. The monoisotopic (exact) mass is 238 g/mol. The average molecular weight is 238 g/mol. The Labute approximate surface area is 101 Å². The van der Waals surface area contributed by atoms with Gasteiger partial charge in [0.25, 0.3) is 0 Å². The van der Waals surface area contributed by atoms with Crippen molar-refractivity contribution in [3.8, 4) is 5.75 Å². The molecule has 1 aromatic rings. The molecule has 3 N–H and O–H groups in total. The topological polar surface area (TPSA) is 82.2 Å². The molecule has 1 aromatic carbocycles. The van der Waals surface area contributed by atoms with Gasteiger partial charge in [-0.15, -0.1) is 0 Å². The van der Waals surface area contributed by atoms with Crippen LogP contribution in [0.15, 0.2) is 29.4 Å². The zero-order valence-corrected chi connectivity index (χ0v) is 10.2. The molecule has 0 saturated heterocycles. The van der Waals surface area contributed by atoms with Crippen LogP contribution in [-0.2, 0) is 4.79 Å². The highest BCUT2D eigenvalue weighted by molar-refractivity contribution is 5.83. The lowest BCUT2D eigenvalue weighted by Crippen LogP contribution is -2.22. The second-order valence-corrected chi connectivity index (χ2v) is 3.66. The van der Waals surface area contributed by atoms with Crippen LogP contribution >= 0.6 is 0 Å². The number of rotatable bonds is 4. The van der Waals surface area contributed by atoms with Crippen molar-refractivity contribution in [3.63, 3.8) is 0 Å². The Bertz CT molecular complexity index is 372. The molecule has 0 fully saturated rings. The van der Waals surface area contributed by atoms with Crippen molar-refractivity contribution in [2.24, 2.45) is 11.0 Å². The Balaban J connectivity index is 0.00000256. The predicted octanol–water partition coefficient (Wildman–Crippen LogP) is 0.977. The van der Waals surface area contributed by atoms with Crippen LogP contribution in [0.2, 0.25) is 0 Å². The van der Waals surface area contributed by atoms with Gasteiger partial charge < -0.3 is 10.2 Å². The van der Waals surface area contributed by atoms with Crippen molar-refractivity contribution in [1.82, 2.24) is 5.43 Å². The third-order valence-corrected chi connectivity index (χ3v) is 2.03. The number of ether oxygens (including phenoxy) is 1. The van der Waals surface area contributed by atoms with Gasteiger partial charge in [0, 0.05) is 5.92 Å². The second kappa shape index (κ2) is 7.40. The zero-order valence-electron chi connectivity index (χ0n) is 10.2. The van der Waals surface area contributed by atoms with Crippen molar-refractivity contribution in [2.45, 2.75) is 13.8 Å². The number of hydrogen-bond donors (Lipinski definition) is 1. The largest absolute Gasteiger partial charge is 0.497 e. The minimum Gasteiger partial charge on any atom is -0.497 e. The fourth-order valence-corrected chi connectivity index (χ4v) is 0.990. The second-order valence-electron chi connectivity index (χ2n) is 3.66. The third kappa shape index (κ3) is 5.12. The highest BCUT2D eigenvalue weighted by Crippen LogP contribution is 2.09. The molecule has 5 heteroatoms. The van der Waals surface area contributed by atoms with E-state index >= 15 is 0 Å². The van der Waals surface area contributed by atoms with E-state index in [1.807, 2.05) is 38.1 Å². The lowest BCUT2D eigenvalue weighted by molar-refractivity contribution is -0.123. The van der Waals surface area contributed by atoms with E-state index in [1.54, 1.807) is 13.3 Å². The van der Waals surface area contributed by atoms with Gasteiger partial charge in [-0.05, 0) is 29.8 Å². The van der Waals surface area contributed by atoms with Crippen LogP contribution in [0.5, 0.6) is 5.75 Å². The van der Waals surface area contributed by atoms with E-state index in [-0.39, 0.29) is 17.3 Å². The molecule has 0 heterocycles. The summed E-state index contributed by atoms with van der Waals surface area (Å²) in [7, 11) is 1.62. The molecule has 0 aliphatic heterocycles. The summed E-state index contributed by atoms with van der Waals surface area (Å²) < 4.78 is 5.03. The van der Waals surface area contributed by atoms with E-state index in [2.05, 4.69) is 10.5 Å². The summed E-state index contributed by atoms with van der Waals surface area (Å²) in [5, 5.41) is 3.85. The number of carbonyl (C=O) groups excluding carboxylic acids is 1. The lowest BCUT2D eigenvalue weighted by Gasteiger charge is -2.01. The van der Waals surface area contributed by atoms with Crippen LogP contribution in [0.1, 0.15) is 19.4 Å². The standard InChI is InChI=1S/C12H16N2O2.H2O/c1-9(2)12(15)14-13-8-10-4-6-11(16-3)7-5-10;/h4-9H,1-3H3,(H,14,15);1H2/b13-8+;. The Hall–Kier alpha value is -1.88. The van der Waals surface area contributed by atoms with E-state index < -0.39 is 0 Å². The van der Waals surface area contributed by atoms with Crippen molar-refractivity contribution in [3.05, 3.63) is 29.8 Å². The van der Waals surface area contributed by atoms with E-state index in [0.29, 0.717) is 0 Å². The summed E-state index contributed by atoms with van der Waals surface area (Å²) in [4.78, 5) is 11.2. The molecule has 0 unspecified atom stereocenters. The molecule has 0 saturated carbocycles. The fraction of sp³-hybridized carbons (Fsp3) is 0.333. The van der Waals surface area contributed by atoms with Gasteiger partial charge in [-0.3, -0.25) is 4.79 Å². The van der Waals surface area contributed by atoms with Crippen molar-refractivity contribution in [2.75, 3.05) is 7.11 Å². The van der Waals surface area contributed by atoms with Gasteiger partial charge in [-0.1, -0.05) is 13.8 Å². The normalized spacial score (nSPS) is 10.1. The van der Waals surface area contributed by atoms with Crippen molar-refractivity contribution >= 4 is 12.1 Å². The number of methoxy groups -OCH3 is 1. The molecule has 0 bridgehead atoms. The van der Waals surface area contributed by atoms with Crippen LogP contribution < -0.4 is 10.2 Å². The van der Waals surface area contributed by atoms with Gasteiger partial charge in [-0.25, -0.2) is 5.43 Å². The Morgan fingerprint density at radius 1 is 1.35 bits per heavy atom. The number of hydrogen-bond acceptors (Lipinski definition) is 3. The number of nitrogens with one attached hydrogen (secondary N) is 1. The maximum Gasteiger partial charge on any atom is 0.242 e. The number of benzene rings is 1. The Morgan fingerprint density at radius 3 is 2.41 bits per heavy atom. The van der Waals surface area contributed by atoms with Crippen LogP contribution in [0, 0.1) is 5.92 Å². The van der Waals surface area contributed by atoms with Crippen LogP contribution in [0.25, 0.3) is 0 Å². The molecule has 0 aliphatic carbocycles. The molecule has 0 spiro atoms. The summed E-state index contributed by atoms with van der Waals surface area (Å²) in [5.41, 5.74) is 3.37. The summed E-state index contributed by atoms with van der Waals surface area (Å²) in [6.45, 7) is 3.64. The molecule has 5 nitrogen and oxygen atoms in total. The van der Waals surface area contributed by atoms with Crippen LogP contribution in [-0.4, -0.2) is 24.7 Å². The molecule has 0 aliphatic rings. The first-order chi connectivity index (χ1) is 7.63. The molecule has 17 heavy (non-hydrogen) atoms. The van der Waals surface area contributed by atoms with Crippen molar-refractivity contribution in [1.29, 1.82) is 0 Å². The third-order valence-electron chi connectivity index (χ3n) is 2.03. The SMILES string of the molecule is COc1ccc(/C=N/NC(=O)C(C)C)cc1.O. The highest BCUT2D eigenvalue weighted by Gasteiger charge is 2.03. The first-order valence-corrected chi connectivity index (χ1v) is 5.10. The highest BCUT2D eigenvalue weighted by atomic mass is 16.5. The first-order valence-electron chi connectivity index (χ1n) is 5.10. The van der Waals surface area contributed by atoms with Crippen LogP contribution in [0.4, 0.5) is 0 Å². The zero-order chi connectivity index (χ0) is 12.0. The average Bonchev–Trinajstić information content (AvgIpc) is 2.29. The molecule has 1 amide bonds. The first kappa shape index (κ1) is 15.1. The predicted molar refractivity (Wildman–Crippen MR) is 67.2 cm³/mol. The molecule has 94 valence electrons. The van der Waals surface area contributed by atoms with Gasteiger partial charge in [-0.2, -0.15) is 5.10 Å². The lowest BCUT2D eigenvalue weighted by atomic mass is 10.2. The summed E-state index contributed by atoms with van der Waals surface area (Å²) in [6, 6.07) is 7.41. The number of hydrazone groups is 1. The fourth-order valence-electron chi connectivity index (χ4n) is 0.990. The molecular weight excluding hydrogens is 220 g/mol. The van der Waals surface area contributed by atoms with E-state index in [1.165, 1.54) is 0 Å². The number of carbonyl (C=O) groups is 1. The number of amides is 1. The molecule has 0 atom stereocenters. The summed E-state index contributed by atoms with van der Waals surface area (Å²) >= 11 is 0. The molecule has 1 rings (SSSR count). The van der Waals surface area contributed by atoms with Gasteiger partial charge in [0.05, 0.1) is 13.3 Å². The van der Waals surface area contributed by atoms with Gasteiger partial charge >= 0.3 is 0 Å². The van der Waals surface area contributed by atoms with Crippen LogP contribution in [0.3, 0.4) is 0 Å². The molecule has 0 aromatic heterocycles. The van der Waals surface area contributed by atoms with Crippen molar-refractivity contribution < 1.29 is 15.0 Å². The smallest absolute Gasteiger partial charge is 0.242 e.